The Morgan fingerprint density at radius 2 is 2.07 bits per heavy atom. The van der Waals surface area contributed by atoms with Crippen LogP contribution in [0.25, 0.3) is 0 Å². The van der Waals surface area contributed by atoms with Crippen molar-refractivity contribution in [1.29, 1.82) is 5.26 Å². The molecule has 0 saturated carbocycles. The highest BCUT2D eigenvalue weighted by Gasteiger charge is 2.16. The summed E-state index contributed by atoms with van der Waals surface area (Å²) in [5.41, 5.74) is -1.59. The third kappa shape index (κ3) is 4.47. The monoisotopic (exact) mass is 419 g/mol. The van der Waals surface area contributed by atoms with Crippen molar-refractivity contribution in [2.24, 2.45) is 0 Å². The fourth-order valence-corrected chi connectivity index (χ4v) is 2.69. The summed E-state index contributed by atoms with van der Waals surface area (Å²) in [5.74, 6) is -0.00577. The van der Waals surface area contributed by atoms with Crippen LogP contribution >= 0.6 is 11.6 Å². The molecule has 0 saturated heterocycles. The third-order valence-corrected chi connectivity index (χ3v) is 4.08. The topological polar surface area (TPSA) is 114 Å². The van der Waals surface area contributed by atoms with Crippen molar-refractivity contribution in [2.75, 3.05) is 0 Å². The molecule has 0 bridgehead atoms. The molecule has 3 aromatic rings. The van der Waals surface area contributed by atoms with Gasteiger partial charge in [-0.2, -0.15) is 10.4 Å². The van der Waals surface area contributed by atoms with Crippen molar-refractivity contribution in [3.05, 3.63) is 78.8 Å². The van der Waals surface area contributed by atoms with Gasteiger partial charge < -0.3 is 4.74 Å². The molecule has 0 spiro atoms. The van der Waals surface area contributed by atoms with E-state index in [-0.39, 0.29) is 39.9 Å². The molecule has 0 radical (unpaired) electrons. The van der Waals surface area contributed by atoms with E-state index in [4.69, 9.17) is 21.6 Å². The van der Waals surface area contributed by atoms with Crippen LogP contribution in [0.4, 0.5) is 8.78 Å². The largest absolute Gasteiger partial charge is 0.450 e. The highest BCUT2D eigenvalue weighted by atomic mass is 35.5. The first-order valence-corrected chi connectivity index (χ1v) is 8.47. The van der Waals surface area contributed by atoms with E-state index in [2.05, 4.69) is 10.1 Å². The van der Waals surface area contributed by atoms with Gasteiger partial charge in [-0.25, -0.2) is 18.9 Å². The molecule has 3 rings (SSSR count). The van der Waals surface area contributed by atoms with Gasteiger partial charge in [0.25, 0.3) is 17.5 Å². The standard InChI is InChI=1S/C18H12ClF2N5O3/c1-9-15(29-13-3-10(6-22)2-12(19)5-13)18(28)26(8-23-9)7-11-4-14(16(20)21)24-25-17(11)27/h2-5,8,16H,7H2,1H3,(H,25,27). The van der Waals surface area contributed by atoms with Crippen LogP contribution in [-0.4, -0.2) is 19.7 Å². The van der Waals surface area contributed by atoms with E-state index in [0.29, 0.717) is 0 Å². The van der Waals surface area contributed by atoms with E-state index >= 15 is 0 Å². The van der Waals surface area contributed by atoms with Crippen LogP contribution < -0.4 is 15.9 Å². The molecule has 1 aromatic carbocycles. The number of halogens is 3. The normalized spacial score (nSPS) is 10.8. The second-order valence-electron chi connectivity index (χ2n) is 5.93. The van der Waals surface area contributed by atoms with E-state index in [9.17, 15) is 18.4 Å². The second kappa shape index (κ2) is 8.20. The molecular formula is C18H12ClF2N5O3. The number of hydrogen-bond acceptors (Lipinski definition) is 6. The summed E-state index contributed by atoms with van der Waals surface area (Å²) in [5, 5.41) is 14.5. The first-order valence-electron chi connectivity index (χ1n) is 8.09. The minimum absolute atomic E-state index is 0.0940. The van der Waals surface area contributed by atoms with Crippen LogP contribution in [0.5, 0.6) is 11.5 Å². The molecule has 0 atom stereocenters. The first kappa shape index (κ1) is 20.2. The van der Waals surface area contributed by atoms with Gasteiger partial charge >= 0.3 is 0 Å². The summed E-state index contributed by atoms with van der Waals surface area (Å²) >= 11 is 5.94. The van der Waals surface area contributed by atoms with E-state index in [1.165, 1.54) is 31.5 Å². The smallest absolute Gasteiger partial charge is 0.296 e. The Labute approximate surface area is 167 Å². The number of alkyl halides is 2. The van der Waals surface area contributed by atoms with Crippen LogP contribution in [0.1, 0.15) is 28.9 Å². The average Bonchev–Trinajstić information content (AvgIpc) is 2.68. The van der Waals surface area contributed by atoms with Crippen LogP contribution in [0.2, 0.25) is 5.02 Å². The Bertz CT molecular complexity index is 1230. The number of nitriles is 1. The molecule has 1 N–H and O–H groups in total. The maximum Gasteiger partial charge on any atom is 0.296 e. The summed E-state index contributed by atoms with van der Waals surface area (Å²) in [7, 11) is 0. The summed E-state index contributed by atoms with van der Waals surface area (Å²) in [6.07, 6.45) is -1.71. The molecule has 2 heterocycles. The van der Waals surface area contributed by atoms with Crippen molar-refractivity contribution in [1.82, 2.24) is 19.7 Å². The van der Waals surface area contributed by atoms with E-state index in [0.717, 1.165) is 10.6 Å². The zero-order chi connectivity index (χ0) is 21.1. The molecule has 0 fully saturated rings. The number of benzene rings is 1. The Morgan fingerprint density at radius 1 is 1.31 bits per heavy atom. The number of nitrogens with one attached hydrogen (secondary N) is 1. The average molecular weight is 420 g/mol. The zero-order valence-corrected chi connectivity index (χ0v) is 15.6. The van der Waals surface area contributed by atoms with E-state index < -0.39 is 23.2 Å². The van der Waals surface area contributed by atoms with Crippen LogP contribution in [-0.2, 0) is 6.54 Å². The van der Waals surface area contributed by atoms with E-state index in [1.54, 1.807) is 0 Å². The summed E-state index contributed by atoms with van der Waals surface area (Å²) in [6.45, 7) is 1.21. The van der Waals surface area contributed by atoms with Gasteiger partial charge in [0.15, 0.2) is 0 Å². The maximum atomic E-state index is 12.8. The molecule has 0 aliphatic carbocycles. The first-order chi connectivity index (χ1) is 13.8. The lowest BCUT2D eigenvalue weighted by Gasteiger charge is -2.11. The molecule has 29 heavy (non-hydrogen) atoms. The van der Waals surface area contributed by atoms with Gasteiger partial charge in [-0.05, 0) is 31.2 Å². The number of aromatic amines is 1. The van der Waals surface area contributed by atoms with Gasteiger partial charge in [0.05, 0.1) is 30.2 Å². The fourth-order valence-electron chi connectivity index (χ4n) is 2.46. The van der Waals surface area contributed by atoms with Crippen LogP contribution in [0.3, 0.4) is 0 Å². The number of aryl methyl sites for hydroxylation is 1. The highest BCUT2D eigenvalue weighted by molar-refractivity contribution is 6.30. The van der Waals surface area contributed by atoms with Crippen LogP contribution in [0, 0.1) is 18.3 Å². The van der Waals surface area contributed by atoms with Gasteiger partial charge in [-0.1, -0.05) is 11.6 Å². The van der Waals surface area contributed by atoms with Gasteiger partial charge in [0.1, 0.15) is 11.4 Å². The highest BCUT2D eigenvalue weighted by Crippen LogP contribution is 2.25. The fraction of sp³-hybridized carbons (Fsp3) is 0.167. The number of hydrogen-bond donors (Lipinski definition) is 1. The molecule has 0 aliphatic rings. The van der Waals surface area contributed by atoms with Crippen molar-refractivity contribution in [2.45, 2.75) is 19.9 Å². The Kier molecular flexibility index (Phi) is 5.70. The number of H-pyrrole nitrogens is 1. The van der Waals surface area contributed by atoms with Gasteiger partial charge in [0, 0.05) is 10.6 Å². The molecule has 8 nitrogen and oxygen atoms in total. The number of ether oxygens (including phenoxy) is 1. The Morgan fingerprint density at radius 3 is 2.76 bits per heavy atom. The molecule has 0 unspecified atom stereocenters. The van der Waals surface area contributed by atoms with Crippen molar-refractivity contribution >= 4 is 11.6 Å². The van der Waals surface area contributed by atoms with Gasteiger partial charge in [-0.3, -0.25) is 14.2 Å². The minimum atomic E-state index is -2.88. The van der Waals surface area contributed by atoms with E-state index in [1.807, 2.05) is 11.2 Å². The van der Waals surface area contributed by atoms with Crippen molar-refractivity contribution in [3.8, 4) is 17.6 Å². The SMILES string of the molecule is Cc1ncn(Cc2cc(C(F)F)n[nH]c2=O)c(=O)c1Oc1cc(Cl)cc(C#N)c1. The molecule has 11 heteroatoms. The van der Waals surface area contributed by atoms with Gasteiger partial charge in [0.2, 0.25) is 5.75 Å². The number of nitrogens with zero attached hydrogens (tertiary/aromatic N) is 4. The molecular weight excluding hydrogens is 408 g/mol. The van der Waals surface area contributed by atoms with Gasteiger partial charge in [-0.15, -0.1) is 0 Å². The lowest BCUT2D eigenvalue weighted by Crippen LogP contribution is -2.27. The second-order valence-corrected chi connectivity index (χ2v) is 6.37. The molecule has 148 valence electrons. The molecule has 0 aliphatic heterocycles. The van der Waals surface area contributed by atoms with Crippen molar-refractivity contribution in [3.63, 3.8) is 0 Å². The summed E-state index contributed by atoms with van der Waals surface area (Å²) in [4.78, 5) is 28.7. The zero-order valence-electron chi connectivity index (χ0n) is 14.8. The maximum absolute atomic E-state index is 12.8. The molecule has 0 amide bonds. The van der Waals surface area contributed by atoms with Crippen LogP contribution in [0.15, 0.2) is 40.2 Å². The molecule has 2 aromatic heterocycles. The summed E-state index contributed by atoms with van der Waals surface area (Å²) in [6, 6.07) is 7.08. The number of aromatic nitrogens is 4. The minimum Gasteiger partial charge on any atom is -0.450 e. The number of rotatable bonds is 5. The predicted molar refractivity (Wildman–Crippen MR) is 98.4 cm³/mol. The quantitative estimate of drug-likeness (QED) is 0.680. The predicted octanol–water partition coefficient (Wildman–Crippen LogP) is 2.94. The lowest BCUT2D eigenvalue weighted by atomic mass is 10.2. The third-order valence-electron chi connectivity index (χ3n) is 3.86. The van der Waals surface area contributed by atoms with Crippen molar-refractivity contribution < 1.29 is 13.5 Å². The Hall–Kier alpha value is -3.58. The Balaban J connectivity index is 2.00. The lowest BCUT2D eigenvalue weighted by molar-refractivity contribution is 0.144. The summed E-state index contributed by atoms with van der Waals surface area (Å²) < 4.78 is 32.3.